The highest BCUT2D eigenvalue weighted by Crippen LogP contribution is 2.46. The van der Waals surface area contributed by atoms with Gasteiger partial charge in [0.05, 0.1) is 25.4 Å². The van der Waals surface area contributed by atoms with Crippen LogP contribution >= 0.6 is 0 Å². The highest BCUT2D eigenvalue weighted by Gasteiger charge is 2.50. The molecule has 10 atom stereocenters. The maximum atomic E-state index is 13.0. The Kier molecular flexibility index (Phi) is 8.80. The van der Waals surface area contributed by atoms with Crippen molar-refractivity contribution < 1.29 is 74.1 Å². The van der Waals surface area contributed by atoms with Crippen molar-refractivity contribution in [1.29, 1.82) is 0 Å². The Morgan fingerprint density at radius 3 is 2.28 bits per heavy atom. The van der Waals surface area contributed by atoms with E-state index in [0.717, 1.165) is 0 Å². The standard InChI is InChI=1S/C28H32O15/c1-10-24(43-28-22(36)20(34)19(33)17(9-29)42-28)21(35)23(37)27(39-10)41-15-6-4-12-18(32)16(40-25(12)26(15)38-2)8-11-3-5-13(30)14(31)7-11/h3-8,10,17,19-24,27-31,33-37H,9H2,1-2H3. The molecule has 0 aliphatic carbocycles. The number of hydrogen-bond acceptors (Lipinski definition) is 15. The van der Waals surface area contributed by atoms with E-state index in [-0.39, 0.29) is 40.1 Å². The van der Waals surface area contributed by atoms with Crippen molar-refractivity contribution in [1.82, 2.24) is 0 Å². The molecular weight excluding hydrogens is 576 g/mol. The first-order valence-corrected chi connectivity index (χ1v) is 13.3. The van der Waals surface area contributed by atoms with Gasteiger partial charge in [-0.25, -0.2) is 0 Å². The molecule has 8 N–H and O–H groups in total. The Labute approximate surface area is 244 Å². The van der Waals surface area contributed by atoms with E-state index >= 15 is 0 Å². The van der Waals surface area contributed by atoms with Crippen molar-refractivity contribution in [3.05, 3.63) is 47.2 Å². The van der Waals surface area contributed by atoms with Crippen LogP contribution < -0.4 is 14.2 Å². The maximum absolute atomic E-state index is 13.0. The van der Waals surface area contributed by atoms with Crippen LogP contribution in [0.3, 0.4) is 0 Å². The van der Waals surface area contributed by atoms with Crippen molar-refractivity contribution in [2.45, 2.75) is 68.3 Å². The number of carbonyl (C=O) groups excluding carboxylic acids is 1. The molecule has 2 aromatic carbocycles. The summed E-state index contributed by atoms with van der Waals surface area (Å²) in [5.41, 5.74) is 0.522. The molecule has 3 aliphatic rings. The number of phenolic OH excluding ortho intramolecular Hbond substituents is 2. The fourth-order valence-electron chi connectivity index (χ4n) is 5.03. The third kappa shape index (κ3) is 5.74. The summed E-state index contributed by atoms with van der Waals surface area (Å²) >= 11 is 0. The summed E-state index contributed by atoms with van der Waals surface area (Å²) in [6, 6.07) is 6.76. The second kappa shape index (κ2) is 12.2. The molecule has 2 aromatic rings. The SMILES string of the molecule is COc1c(OC2OC(C)C(OC3OC(CO)C(O)C(O)C3O)C(O)C2O)ccc2c1OC(=Cc1ccc(O)c(O)c1)C2=O. The van der Waals surface area contributed by atoms with E-state index in [1.54, 1.807) is 0 Å². The van der Waals surface area contributed by atoms with E-state index in [1.807, 2.05) is 0 Å². The topological polar surface area (TPSA) is 234 Å². The number of Topliss-reactive ketones (excluding diaryl/α,β-unsaturated/α-hetero) is 1. The summed E-state index contributed by atoms with van der Waals surface area (Å²) in [5, 5.41) is 80.7. The Hall–Kier alpha value is -3.51. The fraction of sp³-hybridized carbons (Fsp3) is 0.464. The minimum absolute atomic E-state index is 0.00525. The van der Waals surface area contributed by atoms with Crippen molar-refractivity contribution in [3.8, 4) is 28.7 Å². The first kappa shape index (κ1) is 30.9. The summed E-state index contributed by atoms with van der Waals surface area (Å²) in [4.78, 5) is 13.0. The minimum Gasteiger partial charge on any atom is -0.504 e. The fourth-order valence-corrected chi connectivity index (χ4v) is 5.03. The van der Waals surface area contributed by atoms with Crippen LogP contribution in [0, 0.1) is 0 Å². The van der Waals surface area contributed by atoms with E-state index in [4.69, 9.17) is 28.4 Å². The molecule has 3 heterocycles. The molecule has 15 nitrogen and oxygen atoms in total. The predicted molar refractivity (Wildman–Crippen MR) is 141 cm³/mol. The van der Waals surface area contributed by atoms with Crippen LogP contribution in [0.25, 0.3) is 6.08 Å². The molecule has 0 amide bonds. The van der Waals surface area contributed by atoms with E-state index in [2.05, 4.69) is 0 Å². The first-order chi connectivity index (χ1) is 20.4. The Morgan fingerprint density at radius 1 is 0.884 bits per heavy atom. The molecule has 43 heavy (non-hydrogen) atoms. The summed E-state index contributed by atoms with van der Waals surface area (Å²) in [7, 11) is 1.30. The van der Waals surface area contributed by atoms with Crippen molar-refractivity contribution in [2.24, 2.45) is 0 Å². The number of fused-ring (bicyclic) bond motifs is 1. The summed E-state index contributed by atoms with van der Waals surface area (Å²) in [6.45, 7) is 0.804. The number of aromatic hydroxyl groups is 2. The highest BCUT2D eigenvalue weighted by molar-refractivity contribution is 6.15. The molecule has 0 aromatic heterocycles. The van der Waals surface area contributed by atoms with Gasteiger partial charge in [0.2, 0.25) is 17.8 Å². The second-order valence-corrected chi connectivity index (χ2v) is 10.3. The van der Waals surface area contributed by atoms with E-state index in [1.165, 1.54) is 50.4 Å². The lowest BCUT2D eigenvalue weighted by atomic mass is 9.97. The van der Waals surface area contributed by atoms with Gasteiger partial charge in [0.25, 0.3) is 0 Å². The van der Waals surface area contributed by atoms with Crippen LogP contribution in [0.5, 0.6) is 28.7 Å². The van der Waals surface area contributed by atoms with Crippen LogP contribution in [0.4, 0.5) is 0 Å². The molecule has 2 saturated heterocycles. The normalized spacial score (nSPS) is 35.0. The highest BCUT2D eigenvalue weighted by atomic mass is 16.7. The Bertz CT molecular complexity index is 1380. The van der Waals surface area contributed by atoms with Crippen LogP contribution in [-0.2, 0) is 14.2 Å². The number of phenols is 2. The molecule has 5 rings (SSSR count). The van der Waals surface area contributed by atoms with Gasteiger partial charge in [0.1, 0.15) is 42.7 Å². The molecule has 15 heteroatoms. The molecular formula is C28H32O15. The molecule has 2 fully saturated rings. The second-order valence-electron chi connectivity index (χ2n) is 10.3. The molecule has 0 saturated carbocycles. The molecule has 234 valence electrons. The maximum Gasteiger partial charge on any atom is 0.232 e. The lowest BCUT2D eigenvalue weighted by Crippen LogP contribution is -2.64. The number of allylic oxidation sites excluding steroid dienone is 1. The van der Waals surface area contributed by atoms with Gasteiger partial charge < -0.3 is 69.3 Å². The molecule has 0 spiro atoms. The third-order valence-electron chi connectivity index (χ3n) is 7.42. The number of benzene rings is 2. The van der Waals surface area contributed by atoms with Crippen LogP contribution in [0.2, 0.25) is 0 Å². The van der Waals surface area contributed by atoms with E-state index in [0.29, 0.717) is 5.56 Å². The van der Waals surface area contributed by atoms with Gasteiger partial charge >= 0.3 is 0 Å². The first-order valence-electron chi connectivity index (χ1n) is 13.3. The van der Waals surface area contributed by atoms with Crippen molar-refractivity contribution in [3.63, 3.8) is 0 Å². The van der Waals surface area contributed by atoms with Gasteiger partial charge in [0, 0.05) is 0 Å². The Morgan fingerprint density at radius 2 is 1.60 bits per heavy atom. The number of rotatable bonds is 7. The third-order valence-corrected chi connectivity index (χ3v) is 7.42. The monoisotopic (exact) mass is 608 g/mol. The predicted octanol–water partition coefficient (Wildman–Crippen LogP) is -1.25. The summed E-state index contributed by atoms with van der Waals surface area (Å²) in [6.07, 6.45) is -13.6. The molecule has 0 bridgehead atoms. The molecule has 0 radical (unpaired) electrons. The number of aliphatic hydroxyl groups excluding tert-OH is 6. The van der Waals surface area contributed by atoms with Crippen LogP contribution in [-0.4, -0.2) is 122 Å². The number of ether oxygens (including phenoxy) is 6. The summed E-state index contributed by atoms with van der Waals surface area (Å²) in [5.74, 6) is -1.29. The van der Waals surface area contributed by atoms with Gasteiger partial charge in [-0.1, -0.05) is 6.07 Å². The van der Waals surface area contributed by atoms with Crippen molar-refractivity contribution >= 4 is 11.9 Å². The number of ketones is 1. The van der Waals surface area contributed by atoms with E-state index < -0.39 is 73.8 Å². The molecule has 10 unspecified atom stereocenters. The number of methoxy groups -OCH3 is 1. The quantitative estimate of drug-likeness (QED) is 0.136. The van der Waals surface area contributed by atoms with Crippen molar-refractivity contribution in [2.75, 3.05) is 13.7 Å². The van der Waals surface area contributed by atoms with Gasteiger partial charge in [-0.05, 0) is 42.8 Å². The lowest BCUT2D eigenvalue weighted by molar-refractivity contribution is -0.348. The zero-order valence-electron chi connectivity index (χ0n) is 22.9. The zero-order valence-corrected chi connectivity index (χ0v) is 22.9. The largest absolute Gasteiger partial charge is 0.504 e. The average Bonchev–Trinajstić information content (AvgIpc) is 3.30. The van der Waals surface area contributed by atoms with Gasteiger partial charge in [0.15, 0.2) is 35.0 Å². The smallest absolute Gasteiger partial charge is 0.232 e. The zero-order chi connectivity index (χ0) is 31.2. The van der Waals surface area contributed by atoms with Gasteiger partial charge in [-0.2, -0.15) is 0 Å². The average molecular weight is 609 g/mol. The number of hydrogen-bond donors (Lipinski definition) is 8. The van der Waals surface area contributed by atoms with Gasteiger partial charge in [-0.15, -0.1) is 0 Å². The Balaban J connectivity index is 1.31. The minimum atomic E-state index is -1.74. The lowest BCUT2D eigenvalue weighted by Gasteiger charge is -2.45. The summed E-state index contributed by atoms with van der Waals surface area (Å²) < 4.78 is 33.7. The number of aliphatic hydroxyl groups is 6. The van der Waals surface area contributed by atoms with Gasteiger partial charge in [-0.3, -0.25) is 4.79 Å². The number of carbonyl (C=O) groups is 1. The van der Waals surface area contributed by atoms with Crippen LogP contribution in [0.1, 0.15) is 22.8 Å². The van der Waals surface area contributed by atoms with Crippen LogP contribution in [0.15, 0.2) is 36.1 Å². The molecule has 3 aliphatic heterocycles. The van der Waals surface area contributed by atoms with E-state index in [9.17, 15) is 45.6 Å².